The quantitative estimate of drug-likeness (QED) is 0.870. The summed E-state index contributed by atoms with van der Waals surface area (Å²) in [6.45, 7) is 1.52. The molecule has 4 nitrogen and oxygen atoms in total. The molecular formula is C11H11ClFNO3. The van der Waals surface area contributed by atoms with Crippen LogP contribution in [0.3, 0.4) is 0 Å². The van der Waals surface area contributed by atoms with E-state index < -0.39 is 23.7 Å². The van der Waals surface area contributed by atoms with Crippen LogP contribution in [0.25, 0.3) is 0 Å². The first kappa shape index (κ1) is 13.4. The number of carbonyl (C=O) groups is 2. The number of aliphatic carboxylic acids is 1. The zero-order valence-electron chi connectivity index (χ0n) is 9.04. The maximum absolute atomic E-state index is 13.5. The molecular weight excluding hydrogens is 249 g/mol. The molecule has 0 radical (unpaired) electrons. The van der Waals surface area contributed by atoms with Crippen LogP contribution in [-0.2, 0) is 4.79 Å². The molecule has 0 aliphatic heterocycles. The standard InChI is InChI=1S/C11H11ClFNO3/c1-6(5-9(15)16)14-11(17)7-3-2-4-8(12)10(7)13/h2-4,6H,5H2,1H3,(H,14,17)(H,15,16). The van der Waals surface area contributed by atoms with Crippen LogP contribution in [0.2, 0.25) is 5.02 Å². The fraction of sp³-hybridized carbons (Fsp3) is 0.273. The number of amides is 1. The van der Waals surface area contributed by atoms with Gasteiger partial charge in [-0.3, -0.25) is 9.59 Å². The number of hydrogen-bond donors (Lipinski definition) is 2. The fourth-order valence-corrected chi connectivity index (χ4v) is 1.47. The molecule has 6 heteroatoms. The molecule has 1 atom stereocenters. The first-order chi connectivity index (χ1) is 7.91. The molecule has 1 unspecified atom stereocenters. The van der Waals surface area contributed by atoms with E-state index in [1.54, 1.807) is 0 Å². The first-order valence-corrected chi connectivity index (χ1v) is 5.26. The van der Waals surface area contributed by atoms with Gasteiger partial charge >= 0.3 is 5.97 Å². The van der Waals surface area contributed by atoms with E-state index in [1.165, 1.54) is 25.1 Å². The molecule has 2 N–H and O–H groups in total. The van der Waals surface area contributed by atoms with Gasteiger partial charge in [-0.2, -0.15) is 0 Å². The molecule has 1 rings (SSSR count). The number of hydrogen-bond acceptors (Lipinski definition) is 2. The average molecular weight is 260 g/mol. The van der Waals surface area contributed by atoms with E-state index in [1.807, 2.05) is 0 Å². The summed E-state index contributed by atoms with van der Waals surface area (Å²) in [4.78, 5) is 22.0. The molecule has 1 amide bonds. The lowest BCUT2D eigenvalue weighted by Crippen LogP contribution is -2.34. The molecule has 0 spiro atoms. The molecule has 92 valence electrons. The van der Waals surface area contributed by atoms with Gasteiger partial charge in [0.15, 0.2) is 5.82 Å². The van der Waals surface area contributed by atoms with Crippen molar-refractivity contribution in [2.75, 3.05) is 0 Å². The van der Waals surface area contributed by atoms with Crippen molar-refractivity contribution in [1.29, 1.82) is 0 Å². The Bertz CT molecular complexity index is 450. The van der Waals surface area contributed by atoms with Crippen LogP contribution in [0.15, 0.2) is 18.2 Å². The largest absolute Gasteiger partial charge is 0.481 e. The Balaban J connectivity index is 2.77. The Hall–Kier alpha value is -1.62. The maximum Gasteiger partial charge on any atom is 0.305 e. The zero-order chi connectivity index (χ0) is 13.0. The van der Waals surface area contributed by atoms with Crippen molar-refractivity contribution in [3.63, 3.8) is 0 Å². The predicted molar refractivity (Wildman–Crippen MR) is 60.6 cm³/mol. The monoisotopic (exact) mass is 259 g/mol. The van der Waals surface area contributed by atoms with Crippen LogP contribution in [0, 0.1) is 5.82 Å². The molecule has 0 aromatic heterocycles. The van der Waals surface area contributed by atoms with Gasteiger partial charge in [-0.1, -0.05) is 17.7 Å². The second-order valence-electron chi connectivity index (χ2n) is 3.57. The highest BCUT2D eigenvalue weighted by atomic mass is 35.5. The molecule has 0 bridgehead atoms. The second kappa shape index (κ2) is 5.63. The molecule has 0 fully saturated rings. The predicted octanol–water partition coefficient (Wildman–Crippen LogP) is 2.07. The van der Waals surface area contributed by atoms with Gasteiger partial charge in [0.2, 0.25) is 0 Å². The van der Waals surface area contributed by atoms with Crippen LogP contribution in [0.5, 0.6) is 0 Å². The van der Waals surface area contributed by atoms with Gasteiger partial charge in [-0.15, -0.1) is 0 Å². The van der Waals surface area contributed by atoms with Gasteiger partial charge < -0.3 is 10.4 Å². The molecule has 17 heavy (non-hydrogen) atoms. The van der Waals surface area contributed by atoms with Gasteiger partial charge in [0.1, 0.15) is 0 Å². The van der Waals surface area contributed by atoms with E-state index in [0.717, 1.165) is 0 Å². The van der Waals surface area contributed by atoms with E-state index >= 15 is 0 Å². The smallest absolute Gasteiger partial charge is 0.305 e. The number of carbonyl (C=O) groups excluding carboxylic acids is 1. The van der Waals surface area contributed by atoms with E-state index in [0.29, 0.717) is 0 Å². The Morgan fingerprint density at radius 1 is 1.53 bits per heavy atom. The van der Waals surface area contributed by atoms with Crippen LogP contribution in [0.4, 0.5) is 4.39 Å². The molecule has 0 aliphatic carbocycles. The summed E-state index contributed by atoms with van der Waals surface area (Å²) >= 11 is 5.53. The highest BCUT2D eigenvalue weighted by Crippen LogP contribution is 2.17. The molecule has 1 aromatic carbocycles. The third-order valence-electron chi connectivity index (χ3n) is 2.05. The molecule has 0 aliphatic rings. The van der Waals surface area contributed by atoms with Crippen LogP contribution < -0.4 is 5.32 Å². The van der Waals surface area contributed by atoms with Crippen LogP contribution >= 0.6 is 11.6 Å². The number of benzene rings is 1. The summed E-state index contributed by atoms with van der Waals surface area (Å²) in [7, 11) is 0. The van der Waals surface area contributed by atoms with Crippen molar-refractivity contribution in [3.8, 4) is 0 Å². The van der Waals surface area contributed by atoms with Crippen molar-refractivity contribution in [3.05, 3.63) is 34.6 Å². The number of rotatable bonds is 4. The fourth-order valence-electron chi connectivity index (χ4n) is 1.29. The lowest BCUT2D eigenvalue weighted by molar-refractivity contribution is -0.137. The summed E-state index contributed by atoms with van der Waals surface area (Å²) in [5.74, 6) is -2.53. The van der Waals surface area contributed by atoms with Gasteiger partial charge in [0, 0.05) is 6.04 Å². The number of nitrogens with one attached hydrogen (secondary N) is 1. The summed E-state index contributed by atoms with van der Waals surface area (Å²) in [6, 6.07) is 3.47. The lowest BCUT2D eigenvalue weighted by atomic mass is 10.1. The van der Waals surface area contributed by atoms with Crippen molar-refractivity contribution < 1.29 is 19.1 Å². The average Bonchev–Trinajstić information content (AvgIpc) is 2.20. The third kappa shape index (κ3) is 3.71. The summed E-state index contributed by atoms with van der Waals surface area (Å²) in [6.07, 6.45) is -0.228. The summed E-state index contributed by atoms with van der Waals surface area (Å²) in [5, 5.41) is 10.7. The van der Waals surface area contributed by atoms with Gasteiger partial charge in [0.25, 0.3) is 5.91 Å². The first-order valence-electron chi connectivity index (χ1n) is 4.88. The Labute approximate surface area is 102 Å². The number of halogens is 2. The van der Waals surface area contributed by atoms with E-state index in [9.17, 15) is 14.0 Å². The SMILES string of the molecule is CC(CC(=O)O)NC(=O)c1cccc(Cl)c1F. The van der Waals surface area contributed by atoms with E-state index in [2.05, 4.69) is 5.32 Å². The van der Waals surface area contributed by atoms with E-state index in [4.69, 9.17) is 16.7 Å². The normalized spacial score (nSPS) is 11.9. The van der Waals surface area contributed by atoms with Gasteiger partial charge in [0.05, 0.1) is 17.0 Å². The highest BCUT2D eigenvalue weighted by molar-refractivity contribution is 6.31. The van der Waals surface area contributed by atoms with Crippen LogP contribution in [-0.4, -0.2) is 23.0 Å². The number of carboxylic acid groups (broad SMARTS) is 1. The lowest BCUT2D eigenvalue weighted by Gasteiger charge is -2.12. The minimum Gasteiger partial charge on any atom is -0.481 e. The van der Waals surface area contributed by atoms with Gasteiger partial charge in [-0.25, -0.2) is 4.39 Å². The highest BCUT2D eigenvalue weighted by Gasteiger charge is 2.17. The minimum absolute atomic E-state index is 0.150. The van der Waals surface area contributed by atoms with Crippen LogP contribution in [0.1, 0.15) is 23.7 Å². The molecule has 0 saturated heterocycles. The van der Waals surface area contributed by atoms with Crippen molar-refractivity contribution in [2.24, 2.45) is 0 Å². The van der Waals surface area contributed by atoms with Crippen molar-refractivity contribution >= 4 is 23.5 Å². The summed E-state index contributed by atoms with van der Waals surface area (Å²) < 4.78 is 13.5. The van der Waals surface area contributed by atoms with E-state index in [-0.39, 0.29) is 17.0 Å². The zero-order valence-corrected chi connectivity index (χ0v) is 9.79. The Morgan fingerprint density at radius 2 is 2.18 bits per heavy atom. The van der Waals surface area contributed by atoms with Crippen molar-refractivity contribution in [1.82, 2.24) is 5.32 Å². The Kier molecular flexibility index (Phi) is 4.45. The topological polar surface area (TPSA) is 66.4 Å². The number of carboxylic acids is 1. The van der Waals surface area contributed by atoms with Crippen molar-refractivity contribution in [2.45, 2.75) is 19.4 Å². The second-order valence-corrected chi connectivity index (χ2v) is 3.98. The summed E-state index contributed by atoms with van der Waals surface area (Å²) in [5.41, 5.74) is -0.199. The minimum atomic E-state index is -1.04. The third-order valence-corrected chi connectivity index (χ3v) is 2.35. The maximum atomic E-state index is 13.5. The molecule has 0 saturated carbocycles. The molecule has 1 aromatic rings. The van der Waals surface area contributed by atoms with Gasteiger partial charge in [-0.05, 0) is 19.1 Å². The Morgan fingerprint density at radius 3 is 2.76 bits per heavy atom. The molecule has 0 heterocycles.